The van der Waals surface area contributed by atoms with Gasteiger partial charge in [-0.3, -0.25) is 0 Å². The molecule has 7 heteroatoms. The van der Waals surface area contributed by atoms with Crippen molar-refractivity contribution in [1.82, 2.24) is 25.0 Å². The Bertz CT molecular complexity index is 670. The quantitative estimate of drug-likeness (QED) is 0.880. The number of aliphatic hydroxyl groups is 1. The zero-order valence-corrected chi connectivity index (χ0v) is 13.3. The van der Waals surface area contributed by atoms with Crippen molar-refractivity contribution in [2.24, 2.45) is 16.7 Å². The van der Waals surface area contributed by atoms with Crippen molar-refractivity contribution < 1.29 is 5.11 Å². The van der Waals surface area contributed by atoms with E-state index < -0.39 is 0 Å². The lowest BCUT2D eigenvalue weighted by Gasteiger charge is -2.40. The monoisotopic (exact) mass is 309 g/mol. The Labute approximate surface area is 128 Å². The number of hydrogen-bond acceptors (Lipinski definition) is 5. The van der Waals surface area contributed by atoms with Gasteiger partial charge in [-0.05, 0) is 29.6 Å². The predicted molar refractivity (Wildman–Crippen MR) is 79.8 cm³/mol. The van der Waals surface area contributed by atoms with E-state index in [1.165, 1.54) is 6.33 Å². The molecule has 1 aliphatic rings. The van der Waals surface area contributed by atoms with Crippen LogP contribution in [0, 0.1) is 16.7 Å². The topological polar surface area (TPSA) is 76.7 Å². The van der Waals surface area contributed by atoms with E-state index in [1.54, 1.807) is 4.68 Å². The van der Waals surface area contributed by atoms with Crippen molar-refractivity contribution >= 4 is 22.8 Å². The fourth-order valence-corrected chi connectivity index (χ4v) is 3.53. The van der Waals surface area contributed by atoms with Gasteiger partial charge in [0.2, 0.25) is 0 Å². The van der Waals surface area contributed by atoms with Gasteiger partial charge in [-0.2, -0.15) is 0 Å². The van der Waals surface area contributed by atoms with E-state index in [2.05, 4.69) is 41.1 Å². The molecule has 0 amide bonds. The molecule has 3 rings (SSSR count). The third kappa shape index (κ3) is 2.12. The molecule has 0 saturated heterocycles. The summed E-state index contributed by atoms with van der Waals surface area (Å²) in [6, 6.07) is 0. The molecule has 0 aromatic carbocycles. The molecule has 0 aliphatic heterocycles. The summed E-state index contributed by atoms with van der Waals surface area (Å²) in [6.45, 7) is 7.55. The summed E-state index contributed by atoms with van der Waals surface area (Å²) < 4.78 is 1.80. The maximum absolute atomic E-state index is 9.74. The van der Waals surface area contributed by atoms with Crippen LogP contribution in [0.2, 0.25) is 5.15 Å². The van der Waals surface area contributed by atoms with Crippen LogP contribution in [0.25, 0.3) is 11.2 Å². The van der Waals surface area contributed by atoms with E-state index in [9.17, 15) is 5.11 Å². The third-order valence-corrected chi connectivity index (χ3v) is 5.90. The highest BCUT2D eigenvalue weighted by Gasteiger charge is 2.51. The zero-order chi connectivity index (χ0) is 15.3. The minimum atomic E-state index is -0.0549. The van der Waals surface area contributed by atoms with E-state index in [0.717, 1.165) is 19.4 Å². The standard InChI is InChI=1S/C14H20ClN5O/c1-13(2)9(4-5-14(13,3)7-21)6-20-12-10(18-19-20)11(15)16-8-17-12/h8-9,21H,4-7H2,1-3H3. The molecule has 21 heavy (non-hydrogen) atoms. The van der Waals surface area contributed by atoms with Gasteiger partial charge in [-0.1, -0.05) is 37.6 Å². The van der Waals surface area contributed by atoms with E-state index in [-0.39, 0.29) is 17.4 Å². The van der Waals surface area contributed by atoms with Crippen LogP contribution < -0.4 is 0 Å². The number of rotatable bonds is 3. The molecular weight excluding hydrogens is 290 g/mol. The van der Waals surface area contributed by atoms with Crippen LogP contribution >= 0.6 is 11.6 Å². The Morgan fingerprint density at radius 1 is 1.38 bits per heavy atom. The largest absolute Gasteiger partial charge is 0.396 e. The molecule has 2 aromatic rings. The van der Waals surface area contributed by atoms with Gasteiger partial charge in [-0.15, -0.1) is 5.10 Å². The molecule has 6 nitrogen and oxygen atoms in total. The van der Waals surface area contributed by atoms with Crippen LogP contribution in [-0.2, 0) is 6.54 Å². The molecule has 114 valence electrons. The minimum absolute atomic E-state index is 0.0247. The number of aromatic nitrogens is 5. The van der Waals surface area contributed by atoms with Crippen molar-refractivity contribution in [3.8, 4) is 0 Å². The third-order valence-electron chi connectivity index (χ3n) is 5.62. The van der Waals surface area contributed by atoms with Crippen LogP contribution in [0.15, 0.2) is 6.33 Å². The first-order valence-corrected chi connectivity index (χ1v) is 7.57. The molecule has 2 heterocycles. The summed E-state index contributed by atoms with van der Waals surface area (Å²) in [5, 5.41) is 18.3. The lowest BCUT2D eigenvalue weighted by molar-refractivity contribution is 0.0209. The fraction of sp³-hybridized carbons (Fsp3) is 0.714. The first-order chi connectivity index (χ1) is 9.89. The highest BCUT2D eigenvalue weighted by atomic mass is 35.5. The molecule has 2 aromatic heterocycles. The van der Waals surface area contributed by atoms with Crippen LogP contribution in [-0.4, -0.2) is 36.7 Å². The van der Waals surface area contributed by atoms with E-state index in [4.69, 9.17) is 11.6 Å². The van der Waals surface area contributed by atoms with E-state index in [1.807, 2.05) is 0 Å². The van der Waals surface area contributed by atoms with E-state index >= 15 is 0 Å². The average molecular weight is 310 g/mol. The van der Waals surface area contributed by atoms with Crippen molar-refractivity contribution in [3.63, 3.8) is 0 Å². The molecule has 0 spiro atoms. The Morgan fingerprint density at radius 3 is 2.81 bits per heavy atom. The Kier molecular flexibility index (Phi) is 3.41. The zero-order valence-electron chi connectivity index (χ0n) is 12.5. The number of hydrogen-bond donors (Lipinski definition) is 1. The Hall–Kier alpha value is -1.27. The lowest BCUT2D eigenvalue weighted by Crippen LogP contribution is -2.38. The second-order valence-electron chi connectivity index (χ2n) is 6.78. The molecule has 2 unspecified atom stereocenters. The predicted octanol–water partition coefficient (Wildman–Crippen LogP) is 2.31. The highest BCUT2D eigenvalue weighted by Crippen LogP contribution is 2.56. The molecule has 1 fully saturated rings. The summed E-state index contributed by atoms with van der Waals surface area (Å²) in [6.07, 6.45) is 3.51. The first kappa shape index (κ1) is 14.7. The van der Waals surface area contributed by atoms with Crippen molar-refractivity contribution in [3.05, 3.63) is 11.5 Å². The SMILES string of the molecule is CC1(CO)CCC(Cn2nnc3c(Cl)ncnc32)C1(C)C. The van der Waals surface area contributed by atoms with Gasteiger partial charge in [-0.25, -0.2) is 14.6 Å². The van der Waals surface area contributed by atoms with Gasteiger partial charge in [0.25, 0.3) is 0 Å². The minimum Gasteiger partial charge on any atom is -0.396 e. The van der Waals surface area contributed by atoms with Crippen molar-refractivity contribution in [2.75, 3.05) is 6.61 Å². The van der Waals surface area contributed by atoms with E-state index in [0.29, 0.717) is 22.2 Å². The van der Waals surface area contributed by atoms with Gasteiger partial charge >= 0.3 is 0 Å². The number of halogens is 1. The molecule has 1 aliphatic carbocycles. The maximum atomic E-state index is 9.74. The molecule has 1 saturated carbocycles. The lowest BCUT2D eigenvalue weighted by atomic mass is 9.66. The summed E-state index contributed by atoms with van der Waals surface area (Å²) in [5.74, 6) is 0.410. The number of fused-ring (bicyclic) bond motifs is 1. The molecule has 1 N–H and O–H groups in total. The normalized spacial score (nSPS) is 28.3. The molecular formula is C14H20ClN5O. The highest BCUT2D eigenvalue weighted by molar-refractivity contribution is 6.33. The smallest absolute Gasteiger partial charge is 0.183 e. The maximum Gasteiger partial charge on any atom is 0.183 e. The molecule has 0 bridgehead atoms. The second kappa shape index (κ2) is 4.88. The number of nitrogens with zero attached hydrogens (tertiary/aromatic N) is 5. The summed E-state index contributed by atoms with van der Waals surface area (Å²) in [7, 11) is 0. The van der Waals surface area contributed by atoms with Crippen LogP contribution in [0.4, 0.5) is 0 Å². The molecule has 0 radical (unpaired) electrons. The van der Waals surface area contributed by atoms with Gasteiger partial charge in [0.1, 0.15) is 6.33 Å². The van der Waals surface area contributed by atoms with Gasteiger partial charge in [0.05, 0.1) is 0 Å². The van der Waals surface area contributed by atoms with Crippen LogP contribution in [0.1, 0.15) is 33.6 Å². The average Bonchev–Trinajstić information content (AvgIpc) is 2.95. The van der Waals surface area contributed by atoms with Crippen LogP contribution in [0.3, 0.4) is 0 Å². The van der Waals surface area contributed by atoms with Crippen LogP contribution in [0.5, 0.6) is 0 Å². The second-order valence-corrected chi connectivity index (χ2v) is 7.14. The summed E-state index contributed by atoms with van der Waals surface area (Å²) in [4.78, 5) is 8.16. The molecule has 2 atom stereocenters. The van der Waals surface area contributed by atoms with Gasteiger partial charge in [0.15, 0.2) is 16.3 Å². The van der Waals surface area contributed by atoms with Gasteiger partial charge < -0.3 is 5.11 Å². The Balaban J connectivity index is 1.92. The van der Waals surface area contributed by atoms with Crippen molar-refractivity contribution in [1.29, 1.82) is 0 Å². The van der Waals surface area contributed by atoms with Gasteiger partial charge in [0, 0.05) is 13.2 Å². The van der Waals surface area contributed by atoms with Crippen molar-refractivity contribution in [2.45, 2.75) is 40.2 Å². The first-order valence-electron chi connectivity index (χ1n) is 7.19. The number of aliphatic hydroxyl groups excluding tert-OH is 1. The fourth-order valence-electron chi connectivity index (χ4n) is 3.37. The summed E-state index contributed by atoms with van der Waals surface area (Å²) in [5.41, 5.74) is 1.18. The Morgan fingerprint density at radius 2 is 2.14 bits per heavy atom. The summed E-state index contributed by atoms with van der Waals surface area (Å²) >= 11 is 6.01.